The minimum absolute atomic E-state index is 0.1000. The van der Waals surface area contributed by atoms with Crippen molar-refractivity contribution in [2.24, 2.45) is 0 Å². The number of aliphatic hydroxyl groups excluding tert-OH is 1. The van der Waals surface area contributed by atoms with Crippen LogP contribution in [0, 0.1) is 0 Å². The Labute approximate surface area is 134 Å². The molecule has 3 rings (SSSR count). The number of hydrogen-bond acceptors (Lipinski definition) is 4. The highest BCUT2D eigenvalue weighted by atomic mass is 16.5. The highest BCUT2D eigenvalue weighted by Gasteiger charge is 2.10. The molecule has 23 heavy (non-hydrogen) atoms. The molecular weight excluding hydrogens is 290 g/mol. The maximum absolute atomic E-state index is 9.59. The van der Waals surface area contributed by atoms with Gasteiger partial charge in [-0.05, 0) is 30.3 Å². The Hall–Kier alpha value is -2.92. The summed E-state index contributed by atoms with van der Waals surface area (Å²) in [5, 5.41) is 9.59. The lowest BCUT2D eigenvalue weighted by atomic mass is 10.1. The fourth-order valence-corrected chi connectivity index (χ4v) is 2.35. The molecule has 0 aliphatic rings. The van der Waals surface area contributed by atoms with E-state index in [1.54, 1.807) is 24.7 Å². The molecule has 2 heterocycles. The first-order chi connectivity index (χ1) is 11.3. The van der Waals surface area contributed by atoms with Gasteiger partial charge in [-0.25, -0.2) is 4.98 Å². The number of pyridine rings is 1. The van der Waals surface area contributed by atoms with Crippen LogP contribution in [0.3, 0.4) is 0 Å². The van der Waals surface area contributed by atoms with Gasteiger partial charge in [0.25, 0.3) is 0 Å². The summed E-state index contributed by atoms with van der Waals surface area (Å²) in [6, 6.07) is 9.50. The molecule has 0 radical (unpaired) electrons. The molecule has 3 aromatic rings. The minimum atomic E-state index is -0.1000. The van der Waals surface area contributed by atoms with Gasteiger partial charge in [-0.1, -0.05) is 12.7 Å². The molecule has 5 nitrogen and oxygen atoms in total. The number of hydrogen-bond donors (Lipinski definition) is 1. The van der Waals surface area contributed by atoms with E-state index < -0.39 is 0 Å². The van der Waals surface area contributed by atoms with E-state index in [2.05, 4.69) is 16.5 Å². The largest absolute Gasteiger partial charge is 0.489 e. The second-order valence-electron chi connectivity index (χ2n) is 4.91. The van der Waals surface area contributed by atoms with Crippen molar-refractivity contribution in [1.29, 1.82) is 0 Å². The first-order valence-corrected chi connectivity index (χ1v) is 7.25. The lowest BCUT2D eigenvalue weighted by molar-refractivity contribution is 0.270. The van der Waals surface area contributed by atoms with Crippen LogP contribution in [0.25, 0.3) is 17.1 Å². The van der Waals surface area contributed by atoms with Crippen molar-refractivity contribution in [2.75, 3.05) is 6.61 Å². The summed E-state index contributed by atoms with van der Waals surface area (Å²) in [6.07, 6.45) is 8.79. The SMILES string of the molecule is C=CCOc1ccc(-n2ccnc2-c2cccnc2)cc1CO. The molecular formula is C18H17N3O2. The maximum atomic E-state index is 9.59. The van der Waals surface area contributed by atoms with Gasteiger partial charge in [0.05, 0.1) is 6.61 Å². The summed E-state index contributed by atoms with van der Waals surface area (Å²) in [5.41, 5.74) is 2.54. The van der Waals surface area contributed by atoms with Gasteiger partial charge in [-0.15, -0.1) is 0 Å². The Bertz CT molecular complexity index is 797. The molecule has 0 bridgehead atoms. The second-order valence-corrected chi connectivity index (χ2v) is 4.91. The molecule has 116 valence electrons. The fraction of sp³-hybridized carbons (Fsp3) is 0.111. The highest BCUT2D eigenvalue weighted by Crippen LogP contribution is 2.26. The first kappa shape index (κ1) is 15.0. The van der Waals surface area contributed by atoms with Crippen molar-refractivity contribution in [3.8, 4) is 22.8 Å². The predicted molar refractivity (Wildman–Crippen MR) is 88.4 cm³/mol. The van der Waals surface area contributed by atoms with Crippen LogP contribution in [0.1, 0.15) is 5.56 Å². The average molecular weight is 307 g/mol. The van der Waals surface area contributed by atoms with Gasteiger partial charge in [0.1, 0.15) is 18.2 Å². The first-order valence-electron chi connectivity index (χ1n) is 7.25. The van der Waals surface area contributed by atoms with E-state index in [1.165, 1.54) is 0 Å². The van der Waals surface area contributed by atoms with Gasteiger partial charge in [-0.3, -0.25) is 9.55 Å². The molecule has 0 amide bonds. The molecule has 0 saturated carbocycles. The summed E-state index contributed by atoms with van der Waals surface area (Å²) < 4.78 is 7.50. The number of imidazole rings is 1. The Kier molecular flexibility index (Phi) is 4.49. The molecule has 0 aliphatic carbocycles. The Morgan fingerprint density at radius 1 is 1.26 bits per heavy atom. The summed E-state index contributed by atoms with van der Waals surface area (Å²) in [6.45, 7) is 3.93. The zero-order valence-electron chi connectivity index (χ0n) is 12.6. The molecule has 1 aromatic carbocycles. The van der Waals surface area contributed by atoms with Crippen LogP contribution < -0.4 is 4.74 Å². The van der Waals surface area contributed by atoms with E-state index in [9.17, 15) is 5.11 Å². The molecule has 0 fully saturated rings. The van der Waals surface area contributed by atoms with E-state index in [4.69, 9.17) is 4.74 Å². The third-order valence-corrected chi connectivity index (χ3v) is 3.41. The van der Waals surface area contributed by atoms with Crippen LogP contribution in [0.2, 0.25) is 0 Å². The maximum Gasteiger partial charge on any atom is 0.146 e. The van der Waals surface area contributed by atoms with Crippen LogP contribution in [0.5, 0.6) is 5.75 Å². The van der Waals surface area contributed by atoms with Gasteiger partial charge in [0, 0.05) is 41.6 Å². The molecule has 1 N–H and O–H groups in total. The lowest BCUT2D eigenvalue weighted by Crippen LogP contribution is -2.01. The van der Waals surface area contributed by atoms with Crippen LogP contribution in [-0.2, 0) is 6.61 Å². The predicted octanol–water partition coefficient (Wildman–Crippen LogP) is 2.99. The van der Waals surface area contributed by atoms with Crippen molar-refractivity contribution >= 4 is 0 Å². The average Bonchev–Trinajstić information content (AvgIpc) is 3.10. The fourth-order valence-electron chi connectivity index (χ4n) is 2.35. The lowest BCUT2D eigenvalue weighted by Gasteiger charge is -2.13. The summed E-state index contributed by atoms with van der Waals surface area (Å²) >= 11 is 0. The van der Waals surface area contributed by atoms with Crippen molar-refractivity contribution in [2.45, 2.75) is 6.61 Å². The third kappa shape index (κ3) is 3.14. The zero-order chi connectivity index (χ0) is 16.1. The Morgan fingerprint density at radius 3 is 2.91 bits per heavy atom. The van der Waals surface area contributed by atoms with Crippen molar-refractivity contribution in [3.63, 3.8) is 0 Å². The van der Waals surface area contributed by atoms with Gasteiger partial charge in [0.2, 0.25) is 0 Å². The number of rotatable bonds is 6. The number of aliphatic hydroxyl groups is 1. The molecule has 0 spiro atoms. The minimum Gasteiger partial charge on any atom is -0.489 e. The van der Waals surface area contributed by atoms with Crippen LogP contribution in [0.15, 0.2) is 67.8 Å². The normalized spacial score (nSPS) is 10.5. The monoisotopic (exact) mass is 307 g/mol. The molecule has 0 aliphatic heterocycles. The quantitative estimate of drug-likeness (QED) is 0.711. The second kappa shape index (κ2) is 6.89. The van der Waals surface area contributed by atoms with Gasteiger partial charge in [0.15, 0.2) is 0 Å². The van der Waals surface area contributed by atoms with Crippen molar-refractivity contribution in [3.05, 3.63) is 73.3 Å². The summed E-state index contributed by atoms with van der Waals surface area (Å²) in [5.74, 6) is 1.45. The van der Waals surface area contributed by atoms with Crippen molar-refractivity contribution < 1.29 is 9.84 Å². The van der Waals surface area contributed by atoms with Gasteiger partial charge in [-0.2, -0.15) is 0 Å². The molecule has 0 atom stereocenters. The number of nitrogens with zero attached hydrogens (tertiary/aromatic N) is 3. The molecule has 0 unspecified atom stereocenters. The standard InChI is InChI=1S/C18H17N3O2/c1-2-10-23-17-6-5-16(11-15(17)13-22)21-9-8-20-18(21)14-4-3-7-19-12-14/h2-9,11-12,22H,1,10,13H2. The van der Waals surface area contributed by atoms with E-state index >= 15 is 0 Å². The number of benzene rings is 1. The van der Waals surface area contributed by atoms with Crippen LogP contribution in [0.4, 0.5) is 0 Å². The Morgan fingerprint density at radius 2 is 2.17 bits per heavy atom. The van der Waals surface area contributed by atoms with E-state index in [1.807, 2.05) is 41.1 Å². The third-order valence-electron chi connectivity index (χ3n) is 3.41. The summed E-state index contributed by atoms with van der Waals surface area (Å²) in [7, 11) is 0. The highest BCUT2D eigenvalue weighted by molar-refractivity contribution is 5.58. The molecule has 5 heteroatoms. The van der Waals surface area contributed by atoms with Crippen LogP contribution >= 0.6 is 0 Å². The molecule has 0 saturated heterocycles. The van der Waals surface area contributed by atoms with E-state index in [-0.39, 0.29) is 6.61 Å². The van der Waals surface area contributed by atoms with Gasteiger partial charge < -0.3 is 9.84 Å². The Balaban J connectivity index is 2.00. The van der Waals surface area contributed by atoms with Crippen LogP contribution in [-0.4, -0.2) is 26.2 Å². The van der Waals surface area contributed by atoms with E-state index in [0.29, 0.717) is 12.4 Å². The summed E-state index contributed by atoms with van der Waals surface area (Å²) in [4.78, 5) is 8.54. The number of aromatic nitrogens is 3. The van der Waals surface area contributed by atoms with Gasteiger partial charge >= 0.3 is 0 Å². The topological polar surface area (TPSA) is 60.2 Å². The molecule has 2 aromatic heterocycles. The zero-order valence-corrected chi connectivity index (χ0v) is 12.6. The van der Waals surface area contributed by atoms with Crippen molar-refractivity contribution in [1.82, 2.24) is 14.5 Å². The van der Waals surface area contributed by atoms with E-state index in [0.717, 1.165) is 22.6 Å². The number of ether oxygens (including phenoxy) is 1. The smallest absolute Gasteiger partial charge is 0.146 e.